The standard InChI is InChI=1S/C7H13O3PS/c1-3-5-8-11(12)9-6-4-7(2)10-11/h3,7H,1,4-6H2,2H3. The molecule has 1 saturated heterocycles. The highest BCUT2D eigenvalue weighted by atomic mass is 32.5. The van der Waals surface area contributed by atoms with Gasteiger partial charge in [-0.3, -0.25) is 0 Å². The summed E-state index contributed by atoms with van der Waals surface area (Å²) in [5.74, 6) is 0. The summed E-state index contributed by atoms with van der Waals surface area (Å²) in [6.45, 7) is 4.11. The van der Waals surface area contributed by atoms with Crippen LogP contribution in [0.2, 0.25) is 0 Å². The normalized spacial score (nSPS) is 36.2. The second-order valence-electron chi connectivity index (χ2n) is 2.57. The molecule has 0 amide bonds. The van der Waals surface area contributed by atoms with Gasteiger partial charge >= 0.3 is 6.72 Å². The van der Waals surface area contributed by atoms with E-state index in [1.54, 1.807) is 6.08 Å². The monoisotopic (exact) mass is 208 g/mol. The number of hydrogen-bond acceptors (Lipinski definition) is 4. The molecule has 70 valence electrons. The lowest BCUT2D eigenvalue weighted by Crippen LogP contribution is -2.18. The van der Waals surface area contributed by atoms with Crippen molar-refractivity contribution in [1.29, 1.82) is 0 Å². The molecule has 0 bridgehead atoms. The lowest BCUT2D eigenvalue weighted by atomic mass is 10.3. The summed E-state index contributed by atoms with van der Waals surface area (Å²) in [7, 11) is 0. The molecule has 0 radical (unpaired) electrons. The molecule has 0 N–H and O–H groups in total. The third-order valence-electron chi connectivity index (χ3n) is 1.43. The van der Waals surface area contributed by atoms with Crippen LogP contribution in [0.5, 0.6) is 0 Å². The number of rotatable bonds is 3. The molecule has 1 rings (SSSR count). The molecule has 12 heavy (non-hydrogen) atoms. The molecule has 0 spiro atoms. The predicted octanol–water partition coefficient (Wildman–Crippen LogP) is 2.24. The van der Waals surface area contributed by atoms with Crippen molar-refractivity contribution in [2.75, 3.05) is 13.2 Å². The van der Waals surface area contributed by atoms with Gasteiger partial charge in [0, 0.05) is 0 Å². The quantitative estimate of drug-likeness (QED) is 0.525. The third-order valence-corrected chi connectivity index (χ3v) is 3.91. The highest BCUT2D eigenvalue weighted by molar-refractivity contribution is 8.07. The maximum Gasteiger partial charge on any atom is 0.327 e. The van der Waals surface area contributed by atoms with Crippen molar-refractivity contribution in [1.82, 2.24) is 0 Å². The van der Waals surface area contributed by atoms with Crippen LogP contribution >= 0.6 is 6.72 Å². The Kier molecular flexibility index (Phi) is 3.87. The van der Waals surface area contributed by atoms with Crippen LogP contribution in [0.4, 0.5) is 0 Å². The van der Waals surface area contributed by atoms with Gasteiger partial charge in [0.25, 0.3) is 0 Å². The summed E-state index contributed by atoms with van der Waals surface area (Å²) in [6, 6.07) is 0. The fourth-order valence-corrected chi connectivity index (χ4v) is 3.05. The molecule has 0 aliphatic carbocycles. The van der Waals surface area contributed by atoms with E-state index in [2.05, 4.69) is 6.58 Å². The first-order chi connectivity index (χ1) is 5.66. The van der Waals surface area contributed by atoms with Gasteiger partial charge in [0.1, 0.15) is 0 Å². The SMILES string of the molecule is C=CCOP1(=S)OCCC(C)O1. The predicted molar refractivity (Wildman–Crippen MR) is 51.6 cm³/mol. The molecular formula is C7H13O3PS. The van der Waals surface area contributed by atoms with Gasteiger partial charge in [-0.2, -0.15) is 0 Å². The van der Waals surface area contributed by atoms with Gasteiger partial charge in [0.15, 0.2) is 0 Å². The van der Waals surface area contributed by atoms with E-state index in [9.17, 15) is 0 Å². The fourth-order valence-electron chi connectivity index (χ4n) is 0.846. The van der Waals surface area contributed by atoms with E-state index in [0.29, 0.717) is 13.2 Å². The smallest absolute Gasteiger partial charge is 0.309 e. The summed E-state index contributed by atoms with van der Waals surface area (Å²) >= 11 is 5.09. The summed E-state index contributed by atoms with van der Waals surface area (Å²) < 4.78 is 15.9. The van der Waals surface area contributed by atoms with Crippen LogP contribution in [0.25, 0.3) is 0 Å². The zero-order valence-corrected chi connectivity index (χ0v) is 8.77. The van der Waals surface area contributed by atoms with Crippen LogP contribution in [0.15, 0.2) is 12.7 Å². The molecule has 0 aromatic rings. The molecule has 1 aliphatic rings. The van der Waals surface area contributed by atoms with Gasteiger partial charge in [0.2, 0.25) is 0 Å². The Morgan fingerprint density at radius 2 is 2.58 bits per heavy atom. The zero-order valence-electron chi connectivity index (χ0n) is 7.06. The Morgan fingerprint density at radius 3 is 3.17 bits per heavy atom. The first kappa shape index (κ1) is 10.4. The van der Waals surface area contributed by atoms with Crippen molar-refractivity contribution in [2.45, 2.75) is 19.4 Å². The van der Waals surface area contributed by atoms with E-state index < -0.39 is 6.72 Å². The van der Waals surface area contributed by atoms with Crippen LogP contribution < -0.4 is 0 Å². The minimum absolute atomic E-state index is 0.148. The topological polar surface area (TPSA) is 27.7 Å². The van der Waals surface area contributed by atoms with Crippen molar-refractivity contribution in [3.8, 4) is 0 Å². The molecule has 1 aliphatic heterocycles. The van der Waals surface area contributed by atoms with Crippen LogP contribution in [-0.4, -0.2) is 19.3 Å². The van der Waals surface area contributed by atoms with Crippen LogP contribution in [-0.2, 0) is 25.4 Å². The van der Waals surface area contributed by atoms with Crippen LogP contribution in [0.1, 0.15) is 13.3 Å². The van der Waals surface area contributed by atoms with E-state index in [4.69, 9.17) is 25.4 Å². The van der Waals surface area contributed by atoms with Gasteiger partial charge in [-0.25, -0.2) is 0 Å². The van der Waals surface area contributed by atoms with Crippen molar-refractivity contribution in [3.63, 3.8) is 0 Å². The van der Waals surface area contributed by atoms with E-state index in [-0.39, 0.29) is 6.10 Å². The molecule has 1 fully saturated rings. The van der Waals surface area contributed by atoms with E-state index in [1.807, 2.05) is 6.92 Å². The van der Waals surface area contributed by atoms with E-state index >= 15 is 0 Å². The van der Waals surface area contributed by atoms with Gasteiger partial charge in [-0.05, 0) is 25.2 Å². The molecule has 2 atom stereocenters. The minimum Gasteiger partial charge on any atom is -0.309 e. The largest absolute Gasteiger partial charge is 0.327 e. The fraction of sp³-hybridized carbons (Fsp3) is 0.714. The Labute approximate surface area is 78.0 Å². The Morgan fingerprint density at radius 1 is 1.83 bits per heavy atom. The first-order valence-electron chi connectivity index (χ1n) is 3.85. The molecule has 0 aromatic heterocycles. The van der Waals surface area contributed by atoms with Crippen molar-refractivity contribution < 1.29 is 13.6 Å². The molecule has 5 heteroatoms. The maximum absolute atomic E-state index is 5.41. The van der Waals surface area contributed by atoms with Crippen LogP contribution in [0.3, 0.4) is 0 Å². The molecule has 3 nitrogen and oxygen atoms in total. The first-order valence-corrected chi connectivity index (χ1v) is 6.40. The van der Waals surface area contributed by atoms with E-state index in [0.717, 1.165) is 6.42 Å². The molecule has 1 heterocycles. The zero-order chi connectivity index (χ0) is 9.03. The summed E-state index contributed by atoms with van der Waals surface area (Å²) in [6.07, 6.45) is 2.67. The average molecular weight is 208 g/mol. The second kappa shape index (κ2) is 4.49. The lowest BCUT2D eigenvalue weighted by Gasteiger charge is -2.29. The minimum atomic E-state index is -2.42. The molecule has 2 unspecified atom stereocenters. The summed E-state index contributed by atoms with van der Waals surface area (Å²) in [5, 5.41) is 0. The second-order valence-corrected chi connectivity index (χ2v) is 5.53. The van der Waals surface area contributed by atoms with Crippen molar-refractivity contribution in [2.24, 2.45) is 0 Å². The van der Waals surface area contributed by atoms with Crippen molar-refractivity contribution in [3.05, 3.63) is 12.7 Å². The highest BCUT2D eigenvalue weighted by Crippen LogP contribution is 2.53. The summed E-state index contributed by atoms with van der Waals surface area (Å²) in [4.78, 5) is 0. The summed E-state index contributed by atoms with van der Waals surface area (Å²) in [5.41, 5.74) is 0. The Hall–Kier alpha value is 0.270. The van der Waals surface area contributed by atoms with Gasteiger partial charge in [-0.15, -0.1) is 6.58 Å². The highest BCUT2D eigenvalue weighted by Gasteiger charge is 2.27. The van der Waals surface area contributed by atoms with Gasteiger partial charge in [0.05, 0.1) is 19.3 Å². The Bertz CT molecular complexity index is 207. The number of hydrogen-bond donors (Lipinski definition) is 0. The van der Waals surface area contributed by atoms with E-state index in [1.165, 1.54) is 0 Å². The van der Waals surface area contributed by atoms with Crippen LogP contribution in [0, 0.1) is 0 Å². The average Bonchev–Trinajstić information content (AvgIpc) is 2.01. The molecular weight excluding hydrogens is 195 g/mol. The van der Waals surface area contributed by atoms with Gasteiger partial charge in [-0.1, -0.05) is 6.08 Å². The van der Waals surface area contributed by atoms with Gasteiger partial charge < -0.3 is 13.6 Å². The third kappa shape index (κ3) is 2.96. The maximum atomic E-state index is 5.41. The molecule has 0 saturated carbocycles. The van der Waals surface area contributed by atoms with Crippen molar-refractivity contribution >= 4 is 18.5 Å². The lowest BCUT2D eigenvalue weighted by molar-refractivity contribution is 0.0730. The molecule has 0 aromatic carbocycles. The Balaban J connectivity index is 2.45.